The van der Waals surface area contributed by atoms with E-state index in [2.05, 4.69) is 74.1 Å². The van der Waals surface area contributed by atoms with Crippen molar-refractivity contribution < 1.29 is 28.4 Å². The van der Waals surface area contributed by atoms with Crippen molar-refractivity contribution in [3.05, 3.63) is 0 Å². The Labute approximate surface area is 241 Å². The molecule has 0 bridgehead atoms. The summed E-state index contributed by atoms with van der Waals surface area (Å²) in [7, 11) is 0. The monoisotopic (exact) mass is 562 g/mol. The molecule has 0 aromatic heterocycles. The summed E-state index contributed by atoms with van der Waals surface area (Å²) in [4.78, 5) is 2.38. The first-order valence-electron chi connectivity index (χ1n) is 15.4. The fourth-order valence-electron chi connectivity index (χ4n) is 3.78. The lowest BCUT2D eigenvalue weighted by Crippen LogP contribution is -2.40. The molecule has 8 heteroatoms. The number of nitrogens with zero attached hydrogens (tertiary/aromatic N) is 1. The summed E-state index contributed by atoms with van der Waals surface area (Å²) in [6.07, 6.45) is 4.80. The predicted molar refractivity (Wildman–Crippen MR) is 161 cm³/mol. The molecule has 0 heterocycles. The van der Waals surface area contributed by atoms with Crippen LogP contribution in [-0.4, -0.2) is 99.4 Å². The minimum atomic E-state index is -0.275. The van der Waals surface area contributed by atoms with E-state index >= 15 is 0 Å². The minimum absolute atomic E-state index is 0.188. The summed E-state index contributed by atoms with van der Waals surface area (Å²) in [6.45, 7) is 29.5. The van der Waals surface area contributed by atoms with Gasteiger partial charge in [0.15, 0.2) is 0 Å². The predicted octanol–water partition coefficient (Wildman–Crippen LogP) is 5.80. The Kier molecular flexibility index (Phi) is 20.4. The Morgan fingerprint density at radius 1 is 0.615 bits per heavy atom. The van der Waals surface area contributed by atoms with Gasteiger partial charge in [0.1, 0.15) is 6.23 Å². The van der Waals surface area contributed by atoms with E-state index in [1.54, 1.807) is 0 Å². The molecule has 3 atom stereocenters. The number of nitrogens with two attached hydrogens (primary N) is 1. The highest BCUT2D eigenvalue weighted by Gasteiger charge is 2.24. The van der Waals surface area contributed by atoms with E-state index in [0.29, 0.717) is 33.0 Å². The van der Waals surface area contributed by atoms with Gasteiger partial charge in [0.05, 0.1) is 55.4 Å². The summed E-state index contributed by atoms with van der Waals surface area (Å²) >= 11 is 0. The average molecular weight is 563 g/mol. The summed E-state index contributed by atoms with van der Waals surface area (Å²) < 4.78 is 36.1. The Balaban J connectivity index is 4.86. The maximum absolute atomic E-state index is 6.42. The third kappa shape index (κ3) is 22.0. The van der Waals surface area contributed by atoms with E-state index in [0.717, 1.165) is 58.3 Å². The standard InChI is InChI=1S/C31H66N2O6/c1-12-27(5)35-22-16-31(11,13-2)39-25-19-33(17-23-37-29(7,8)14-20-34-26(3)4)18-24-38-30(9,10)15-21-36-28(6)32/h26-28H,12-25,32H2,1-11H3. The third-order valence-electron chi connectivity index (χ3n) is 7.25. The SMILES string of the molecule is CCC(C)OCCC(C)(CC)OCCN(CCOC(C)(C)CCOC(C)C)CCOC(C)(C)CCOC(C)N. The van der Waals surface area contributed by atoms with Crippen molar-refractivity contribution >= 4 is 0 Å². The number of hydrogen-bond acceptors (Lipinski definition) is 8. The molecule has 0 aromatic carbocycles. The van der Waals surface area contributed by atoms with E-state index in [1.165, 1.54) is 0 Å². The summed E-state index contributed by atoms with van der Waals surface area (Å²) in [5, 5.41) is 0. The second-order valence-electron chi connectivity index (χ2n) is 12.5. The average Bonchev–Trinajstić information content (AvgIpc) is 2.82. The summed E-state index contributed by atoms with van der Waals surface area (Å²) in [5.41, 5.74) is 5.01. The fourth-order valence-corrected chi connectivity index (χ4v) is 3.78. The molecule has 8 nitrogen and oxygen atoms in total. The van der Waals surface area contributed by atoms with Crippen LogP contribution < -0.4 is 5.73 Å². The van der Waals surface area contributed by atoms with Gasteiger partial charge in [-0.05, 0) is 94.4 Å². The van der Waals surface area contributed by atoms with Gasteiger partial charge in [-0.3, -0.25) is 4.90 Å². The maximum atomic E-state index is 6.42. The van der Waals surface area contributed by atoms with E-state index in [1.807, 2.05) is 6.92 Å². The van der Waals surface area contributed by atoms with Crippen molar-refractivity contribution in [1.29, 1.82) is 0 Å². The second kappa shape index (κ2) is 20.5. The van der Waals surface area contributed by atoms with Gasteiger partial charge in [0.2, 0.25) is 0 Å². The zero-order chi connectivity index (χ0) is 30.0. The molecule has 0 rings (SSSR count). The van der Waals surface area contributed by atoms with Gasteiger partial charge < -0.3 is 34.2 Å². The van der Waals surface area contributed by atoms with Crippen molar-refractivity contribution in [2.24, 2.45) is 5.73 Å². The molecule has 0 spiro atoms. The molecular formula is C31H66N2O6. The van der Waals surface area contributed by atoms with Gasteiger partial charge in [-0.1, -0.05) is 13.8 Å². The number of rotatable bonds is 26. The van der Waals surface area contributed by atoms with Crippen LogP contribution in [0.25, 0.3) is 0 Å². The lowest BCUT2D eigenvalue weighted by molar-refractivity contribution is -0.0815. The lowest BCUT2D eigenvalue weighted by Gasteiger charge is -2.32. The van der Waals surface area contributed by atoms with E-state index in [4.69, 9.17) is 34.2 Å². The van der Waals surface area contributed by atoms with Gasteiger partial charge >= 0.3 is 0 Å². The van der Waals surface area contributed by atoms with Crippen molar-refractivity contribution in [3.8, 4) is 0 Å². The quantitative estimate of drug-likeness (QED) is 0.133. The van der Waals surface area contributed by atoms with Crippen molar-refractivity contribution in [3.63, 3.8) is 0 Å². The zero-order valence-electron chi connectivity index (χ0n) is 27.6. The molecule has 0 aliphatic heterocycles. The van der Waals surface area contributed by atoms with Crippen molar-refractivity contribution in [1.82, 2.24) is 4.90 Å². The molecule has 0 aliphatic rings. The van der Waals surface area contributed by atoms with E-state index in [-0.39, 0.29) is 35.2 Å². The first-order chi connectivity index (χ1) is 18.1. The molecule has 39 heavy (non-hydrogen) atoms. The first kappa shape index (κ1) is 38.7. The molecule has 0 radical (unpaired) electrons. The van der Waals surface area contributed by atoms with Gasteiger partial charge in [0.25, 0.3) is 0 Å². The van der Waals surface area contributed by atoms with Crippen molar-refractivity contribution in [2.75, 3.05) is 59.3 Å². The fraction of sp³-hybridized carbons (Fsp3) is 1.00. The molecule has 2 N–H and O–H groups in total. The van der Waals surface area contributed by atoms with Gasteiger partial charge in [-0.25, -0.2) is 0 Å². The summed E-state index contributed by atoms with van der Waals surface area (Å²) in [5.74, 6) is 0. The molecule has 236 valence electrons. The smallest absolute Gasteiger partial charge is 0.102 e. The largest absolute Gasteiger partial charge is 0.379 e. The van der Waals surface area contributed by atoms with E-state index < -0.39 is 0 Å². The van der Waals surface area contributed by atoms with Gasteiger partial charge in [-0.2, -0.15) is 0 Å². The molecule has 0 saturated heterocycles. The third-order valence-corrected chi connectivity index (χ3v) is 7.25. The van der Waals surface area contributed by atoms with Crippen LogP contribution >= 0.6 is 0 Å². The summed E-state index contributed by atoms with van der Waals surface area (Å²) in [6, 6.07) is 0. The normalized spacial score (nSPS) is 16.2. The highest BCUT2D eigenvalue weighted by molar-refractivity contribution is 4.75. The van der Waals surface area contributed by atoms with Crippen molar-refractivity contribution in [2.45, 2.75) is 144 Å². The van der Waals surface area contributed by atoms with Crippen LogP contribution in [0.2, 0.25) is 0 Å². The molecule has 0 amide bonds. The Hall–Kier alpha value is -0.320. The van der Waals surface area contributed by atoms with Crippen LogP contribution in [0.4, 0.5) is 0 Å². The highest BCUT2D eigenvalue weighted by Crippen LogP contribution is 2.21. The first-order valence-corrected chi connectivity index (χ1v) is 15.4. The number of hydrogen-bond donors (Lipinski definition) is 1. The lowest BCUT2D eigenvalue weighted by atomic mass is 9.99. The number of ether oxygens (including phenoxy) is 6. The van der Waals surface area contributed by atoms with Crippen LogP contribution in [-0.2, 0) is 28.4 Å². The molecule has 0 aromatic rings. The van der Waals surface area contributed by atoms with Gasteiger partial charge in [0, 0.05) is 32.8 Å². The Morgan fingerprint density at radius 3 is 1.51 bits per heavy atom. The van der Waals surface area contributed by atoms with E-state index in [9.17, 15) is 0 Å². The van der Waals surface area contributed by atoms with Crippen LogP contribution in [0, 0.1) is 0 Å². The minimum Gasteiger partial charge on any atom is -0.379 e. The highest BCUT2D eigenvalue weighted by atomic mass is 16.5. The molecular weight excluding hydrogens is 496 g/mol. The zero-order valence-corrected chi connectivity index (χ0v) is 27.6. The van der Waals surface area contributed by atoms with Gasteiger partial charge in [-0.15, -0.1) is 0 Å². The second-order valence-corrected chi connectivity index (χ2v) is 12.5. The van der Waals surface area contributed by atoms with Crippen LogP contribution in [0.15, 0.2) is 0 Å². The van der Waals surface area contributed by atoms with Crippen LogP contribution in [0.1, 0.15) is 108 Å². The maximum Gasteiger partial charge on any atom is 0.102 e. The molecule has 0 saturated carbocycles. The molecule has 0 aliphatic carbocycles. The Bertz CT molecular complexity index is 555. The van der Waals surface area contributed by atoms with Crippen LogP contribution in [0.5, 0.6) is 0 Å². The topological polar surface area (TPSA) is 84.6 Å². The molecule has 0 fully saturated rings. The molecule has 3 unspecified atom stereocenters. The van der Waals surface area contributed by atoms with Crippen LogP contribution in [0.3, 0.4) is 0 Å². The Morgan fingerprint density at radius 2 is 1.08 bits per heavy atom.